The number of unbranched alkanes of at least 4 members (excludes halogenated alkanes) is 2. The number of hydrogen-bond donors (Lipinski definition) is 1. The van der Waals surface area contributed by atoms with Crippen molar-refractivity contribution in [2.75, 3.05) is 12.3 Å². The molecule has 3 rings (SSSR count). The van der Waals surface area contributed by atoms with Crippen LogP contribution in [0.4, 0.5) is 0 Å². The quantitative estimate of drug-likeness (QED) is 0.179. The molecule has 0 radical (unpaired) electrons. The minimum atomic E-state index is -0.955. The summed E-state index contributed by atoms with van der Waals surface area (Å²) in [6, 6.07) is 4.15. The third-order valence-corrected chi connectivity index (χ3v) is 5.80. The number of piperidine rings is 1. The summed E-state index contributed by atoms with van der Waals surface area (Å²) in [4.78, 5) is 53.6. The molecule has 1 fully saturated rings. The van der Waals surface area contributed by atoms with E-state index >= 15 is 0 Å². The highest BCUT2D eigenvalue weighted by Crippen LogP contribution is 2.34. The van der Waals surface area contributed by atoms with Gasteiger partial charge in [0, 0.05) is 22.8 Å². The Bertz CT molecular complexity index is 881. The number of carbonyl (C=O) groups is 4. The maximum atomic E-state index is 12.9. The smallest absolute Gasteiger partial charge is 0.263 e. The lowest BCUT2D eigenvalue weighted by Crippen LogP contribution is -2.54. The monoisotopic (exact) mass is 401 g/mol. The number of thioether (sulfide) groups is 1. The van der Waals surface area contributed by atoms with E-state index in [1.807, 2.05) is 0 Å². The molecule has 0 spiro atoms. The number of nitrogens with one attached hydrogen (secondary N) is 1. The number of nitrogens with zero attached hydrogens (tertiary/aromatic N) is 4. The first kappa shape index (κ1) is 19.9. The SMILES string of the molecule is [N-]=[N+]=NCCCCCSc1cccc2c1C(=O)N(C1CCC(=O)NC1=O)C2=O. The predicted molar refractivity (Wildman–Crippen MR) is 102 cm³/mol. The first-order chi connectivity index (χ1) is 13.5. The van der Waals surface area contributed by atoms with Crippen molar-refractivity contribution in [3.63, 3.8) is 0 Å². The summed E-state index contributed by atoms with van der Waals surface area (Å²) in [5, 5.41) is 5.68. The number of carbonyl (C=O) groups excluding carboxylic acids is 4. The molecule has 0 aliphatic carbocycles. The summed E-state index contributed by atoms with van der Waals surface area (Å²) in [7, 11) is 0. The molecule has 28 heavy (non-hydrogen) atoms. The standard InChI is InChI=1S/C18H19N5O4S/c19-22-20-9-2-1-3-10-28-13-6-4-5-11-15(13)18(27)23(17(11)26)12-7-8-14(24)21-16(12)25/h4-6,12H,1-3,7-10H2,(H,21,24,25). The van der Waals surface area contributed by atoms with Gasteiger partial charge >= 0.3 is 0 Å². The van der Waals surface area contributed by atoms with E-state index in [-0.39, 0.29) is 12.8 Å². The van der Waals surface area contributed by atoms with E-state index in [9.17, 15) is 19.2 Å². The molecule has 1 N–H and O–H groups in total. The molecule has 0 saturated carbocycles. The fourth-order valence-electron chi connectivity index (χ4n) is 3.29. The second kappa shape index (κ2) is 8.90. The first-order valence-electron chi connectivity index (χ1n) is 9.03. The van der Waals surface area contributed by atoms with Crippen LogP contribution in [0.15, 0.2) is 28.2 Å². The Morgan fingerprint density at radius 3 is 2.75 bits per heavy atom. The third-order valence-electron chi connectivity index (χ3n) is 4.65. The van der Waals surface area contributed by atoms with Crippen LogP contribution in [0.3, 0.4) is 0 Å². The number of amides is 4. The summed E-state index contributed by atoms with van der Waals surface area (Å²) < 4.78 is 0. The van der Waals surface area contributed by atoms with Crippen molar-refractivity contribution in [3.05, 3.63) is 39.8 Å². The molecule has 1 aromatic carbocycles. The highest BCUT2D eigenvalue weighted by atomic mass is 32.2. The maximum Gasteiger partial charge on any atom is 0.263 e. The Morgan fingerprint density at radius 2 is 2.00 bits per heavy atom. The molecule has 1 unspecified atom stereocenters. The van der Waals surface area contributed by atoms with Crippen LogP contribution in [-0.4, -0.2) is 46.9 Å². The van der Waals surface area contributed by atoms with Crippen molar-refractivity contribution in [2.24, 2.45) is 5.11 Å². The van der Waals surface area contributed by atoms with Gasteiger partial charge in [0.25, 0.3) is 11.8 Å². The lowest BCUT2D eigenvalue weighted by atomic mass is 10.0. The molecule has 1 atom stereocenters. The zero-order valence-electron chi connectivity index (χ0n) is 15.1. The van der Waals surface area contributed by atoms with Gasteiger partial charge < -0.3 is 0 Å². The molecule has 10 heteroatoms. The first-order valence-corrected chi connectivity index (χ1v) is 10.0. The van der Waals surface area contributed by atoms with Gasteiger partial charge in [-0.3, -0.25) is 29.4 Å². The van der Waals surface area contributed by atoms with Crippen molar-refractivity contribution >= 4 is 35.4 Å². The second-order valence-electron chi connectivity index (χ2n) is 6.49. The summed E-state index contributed by atoms with van der Waals surface area (Å²) in [5.41, 5.74) is 8.87. The molecule has 4 amide bonds. The average molecular weight is 401 g/mol. The topological polar surface area (TPSA) is 132 Å². The summed E-state index contributed by atoms with van der Waals surface area (Å²) in [6.45, 7) is 0.468. The van der Waals surface area contributed by atoms with E-state index in [2.05, 4.69) is 15.3 Å². The van der Waals surface area contributed by atoms with Crippen LogP contribution in [0.1, 0.15) is 52.8 Å². The number of hydrogen-bond acceptors (Lipinski definition) is 6. The zero-order chi connectivity index (χ0) is 20.1. The molecule has 2 aliphatic heterocycles. The number of fused-ring (bicyclic) bond motifs is 1. The molecule has 1 aromatic rings. The fourth-order valence-corrected chi connectivity index (χ4v) is 4.38. The van der Waals surface area contributed by atoms with Crippen molar-refractivity contribution in [2.45, 2.75) is 43.0 Å². The molecule has 0 aromatic heterocycles. The van der Waals surface area contributed by atoms with E-state index in [0.717, 1.165) is 29.9 Å². The molecule has 0 bridgehead atoms. The Hall–Kier alpha value is -2.84. The van der Waals surface area contributed by atoms with Gasteiger partial charge in [0.05, 0.1) is 11.1 Å². The van der Waals surface area contributed by atoms with Crippen molar-refractivity contribution in [3.8, 4) is 0 Å². The Kier molecular flexibility index (Phi) is 6.33. The Labute approximate surface area is 165 Å². The third kappa shape index (κ3) is 4.02. The van der Waals surface area contributed by atoms with Crippen LogP contribution in [0.2, 0.25) is 0 Å². The zero-order valence-corrected chi connectivity index (χ0v) is 15.9. The van der Waals surface area contributed by atoms with Crippen LogP contribution < -0.4 is 5.32 Å². The lowest BCUT2D eigenvalue weighted by Gasteiger charge is -2.27. The van der Waals surface area contributed by atoms with Gasteiger partial charge in [0.2, 0.25) is 11.8 Å². The second-order valence-corrected chi connectivity index (χ2v) is 7.63. The van der Waals surface area contributed by atoms with Crippen LogP contribution in [-0.2, 0) is 9.59 Å². The number of benzene rings is 1. The van der Waals surface area contributed by atoms with E-state index < -0.39 is 29.7 Å². The molecule has 146 valence electrons. The fraction of sp³-hybridized carbons (Fsp3) is 0.444. The highest BCUT2D eigenvalue weighted by molar-refractivity contribution is 7.99. The van der Waals surface area contributed by atoms with E-state index in [4.69, 9.17) is 5.53 Å². The van der Waals surface area contributed by atoms with E-state index in [1.165, 1.54) is 11.8 Å². The lowest BCUT2D eigenvalue weighted by molar-refractivity contribution is -0.136. The van der Waals surface area contributed by atoms with E-state index in [1.54, 1.807) is 18.2 Å². The van der Waals surface area contributed by atoms with Crippen LogP contribution in [0.5, 0.6) is 0 Å². The van der Waals surface area contributed by atoms with Gasteiger partial charge in [0.15, 0.2) is 0 Å². The average Bonchev–Trinajstić information content (AvgIpc) is 2.93. The van der Waals surface area contributed by atoms with Crippen LogP contribution in [0, 0.1) is 0 Å². The predicted octanol–water partition coefficient (Wildman–Crippen LogP) is 2.66. The molecular weight excluding hydrogens is 382 g/mol. The summed E-state index contributed by atoms with van der Waals surface area (Å²) in [6.07, 6.45) is 2.83. The van der Waals surface area contributed by atoms with Gasteiger partial charge in [-0.2, -0.15) is 0 Å². The van der Waals surface area contributed by atoms with Gasteiger partial charge in [0.1, 0.15) is 6.04 Å². The van der Waals surface area contributed by atoms with Gasteiger partial charge in [-0.05, 0) is 42.7 Å². The van der Waals surface area contributed by atoms with Crippen LogP contribution >= 0.6 is 11.8 Å². The highest BCUT2D eigenvalue weighted by Gasteiger charge is 2.45. The number of imide groups is 2. The normalized spacial score (nSPS) is 18.7. The van der Waals surface area contributed by atoms with Gasteiger partial charge in [-0.25, -0.2) is 0 Å². The van der Waals surface area contributed by atoms with Crippen molar-refractivity contribution in [1.29, 1.82) is 0 Å². The minimum absolute atomic E-state index is 0.0985. The van der Waals surface area contributed by atoms with Gasteiger partial charge in [-0.15, -0.1) is 11.8 Å². The Balaban J connectivity index is 1.69. The molecule has 2 aliphatic rings. The molecule has 1 saturated heterocycles. The number of azide groups is 1. The minimum Gasteiger partial charge on any atom is -0.295 e. The van der Waals surface area contributed by atoms with Crippen molar-refractivity contribution in [1.82, 2.24) is 10.2 Å². The van der Waals surface area contributed by atoms with E-state index in [0.29, 0.717) is 22.6 Å². The summed E-state index contributed by atoms with van der Waals surface area (Å²) in [5.74, 6) is -1.23. The maximum absolute atomic E-state index is 12.9. The molecule has 2 heterocycles. The van der Waals surface area contributed by atoms with Crippen molar-refractivity contribution < 1.29 is 19.2 Å². The van der Waals surface area contributed by atoms with Gasteiger partial charge in [-0.1, -0.05) is 17.6 Å². The molecule has 9 nitrogen and oxygen atoms in total. The largest absolute Gasteiger partial charge is 0.295 e. The summed E-state index contributed by atoms with van der Waals surface area (Å²) >= 11 is 1.49. The Morgan fingerprint density at radius 1 is 1.18 bits per heavy atom. The number of rotatable bonds is 8. The molecular formula is C18H19N5O4S. The van der Waals surface area contributed by atoms with Crippen LogP contribution in [0.25, 0.3) is 10.4 Å².